The quantitative estimate of drug-likeness (QED) is 0.880. The van der Waals surface area contributed by atoms with Crippen molar-refractivity contribution in [3.63, 3.8) is 0 Å². The lowest BCUT2D eigenvalue weighted by atomic mass is 9.86. The van der Waals surface area contributed by atoms with E-state index in [0.29, 0.717) is 31.2 Å². The van der Waals surface area contributed by atoms with Crippen molar-refractivity contribution in [2.75, 3.05) is 0 Å². The van der Waals surface area contributed by atoms with Crippen molar-refractivity contribution in [3.05, 3.63) is 35.6 Å². The number of aliphatic carboxylic acids is 1. The molecule has 1 fully saturated rings. The molecule has 0 radical (unpaired) electrons. The fourth-order valence-electron chi connectivity index (χ4n) is 2.38. The van der Waals surface area contributed by atoms with E-state index < -0.39 is 11.8 Å². The molecule has 1 aliphatic rings. The van der Waals surface area contributed by atoms with Crippen molar-refractivity contribution in [3.8, 4) is 0 Å². The molecule has 0 unspecified atom stereocenters. The molecule has 2 N–H and O–H groups in total. The maximum Gasteiger partial charge on any atom is 0.306 e. The molecule has 1 amide bonds. The topological polar surface area (TPSA) is 66.4 Å². The zero-order chi connectivity index (χ0) is 13.8. The Kier molecular flexibility index (Phi) is 4.14. The third-order valence-electron chi connectivity index (χ3n) is 3.50. The highest BCUT2D eigenvalue weighted by Crippen LogP contribution is 2.24. The molecule has 0 aliphatic heterocycles. The molecule has 0 aromatic heterocycles. The van der Waals surface area contributed by atoms with Crippen LogP contribution in [0.2, 0.25) is 0 Å². The number of benzene rings is 1. The largest absolute Gasteiger partial charge is 0.481 e. The highest BCUT2D eigenvalue weighted by molar-refractivity contribution is 5.94. The summed E-state index contributed by atoms with van der Waals surface area (Å²) in [5.41, 5.74) is 0.292. The van der Waals surface area contributed by atoms with Gasteiger partial charge in [0.2, 0.25) is 0 Å². The Morgan fingerprint density at radius 1 is 1.21 bits per heavy atom. The fourth-order valence-corrected chi connectivity index (χ4v) is 2.38. The van der Waals surface area contributed by atoms with Crippen LogP contribution in [0.4, 0.5) is 4.39 Å². The highest BCUT2D eigenvalue weighted by Gasteiger charge is 2.26. The van der Waals surface area contributed by atoms with Crippen LogP contribution in [-0.4, -0.2) is 23.0 Å². The van der Waals surface area contributed by atoms with E-state index in [1.165, 1.54) is 18.2 Å². The molecule has 5 heteroatoms. The number of carboxylic acids is 1. The molecule has 4 nitrogen and oxygen atoms in total. The van der Waals surface area contributed by atoms with Gasteiger partial charge in [0.1, 0.15) is 5.82 Å². The predicted molar refractivity (Wildman–Crippen MR) is 67.2 cm³/mol. The molecule has 19 heavy (non-hydrogen) atoms. The minimum atomic E-state index is -0.769. The van der Waals surface area contributed by atoms with Gasteiger partial charge in [0, 0.05) is 11.6 Å². The Labute approximate surface area is 110 Å². The van der Waals surface area contributed by atoms with Crippen molar-refractivity contribution >= 4 is 11.9 Å². The number of hydrogen-bond acceptors (Lipinski definition) is 2. The van der Waals surface area contributed by atoms with E-state index in [9.17, 15) is 14.0 Å². The summed E-state index contributed by atoms with van der Waals surface area (Å²) in [4.78, 5) is 22.7. The third kappa shape index (κ3) is 3.53. The van der Waals surface area contributed by atoms with E-state index in [-0.39, 0.29) is 17.9 Å². The van der Waals surface area contributed by atoms with Gasteiger partial charge in [-0.2, -0.15) is 0 Å². The number of carboxylic acid groups (broad SMARTS) is 1. The summed E-state index contributed by atoms with van der Waals surface area (Å²) in [5.74, 6) is -1.82. The van der Waals surface area contributed by atoms with Gasteiger partial charge in [-0.05, 0) is 43.9 Å². The number of amides is 1. The number of rotatable bonds is 3. The van der Waals surface area contributed by atoms with E-state index >= 15 is 0 Å². The van der Waals surface area contributed by atoms with Crippen LogP contribution < -0.4 is 5.32 Å². The molecule has 2 rings (SSSR count). The zero-order valence-electron chi connectivity index (χ0n) is 10.4. The standard InChI is InChI=1S/C14H16FNO3/c15-11-3-1-2-10(8-11)13(17)16-12-6-4-9(5-7-12)14(18)19/h1-3,8-9,12H,4-7H2,(H,16,17)(H,18,19). The average Bonchev–Trinajstić information content (AvgIpc) is 2.39. The summed E-state index contributed by atoms with van der Waals surface area (Å²) in [6.07, 6.45) is 2.45. The van der Waals surface area contributed by atoms with Gasteiger partial charge in [-0.25, -0.2) is 4.39 Å². The second-order valence-corrected chi connectivity index (χ2v) is 4.87. The van der Waals surface area contributed by atoms with Crippen LogP contribution in [0.1, 0.15) is 36.0 Å². The van der Waals surface area contributed by atoms with E-state index in [0.717, 1.165) is 0 Å². The molecule has 0 saturated heterocycles. The lowest BCUT2D eigenvalue weighted by Gasteiger charge is -2.26. The first kappa shape index (κ1) is 13.5. The summed E-state index contributed by atoms with van der Waals surface area (Å²) in [6.45, 7) is 0. The Hall–Kier alpha value is -1.91. The van der Waals surface area contributed by atoms with Crippen LogP contribution >= 0.6 is 0 Å². The van der Waals surface area contributed by atoms with Gasteiger partial charge >= 0.3 is 5.97 Å². The summed E-state index contributed by atoms with van der Waals surface area (Å²) in [7, 11) is 0. The maximum absolute atomic E-state index is 13.0. The third-order valence-corrected chi connectivity index (χ3v) is 3.50. The number of carbonyl (C=O) groups is 2. The Morgan fingerprint density at radius 2 is 1.89 bits per heavy atom. The molecular formula is C14H16FNO3. The second-order valence-electron chi connectivity index (χ2n) is 4.87. The molecule has 0 atom stereocenters. The Balaban J connectivity index is 1.89. The molecule has 0 heterocycles. The second kappa shape index (κ2) is 5.82. The van der Waals surface area contributed by atoms with Gasteiger partial charge in [0.25, 0.3) is 5.91 Å². The van der Waals surface area contributed by atoms with E-state index in [1.807, 2.05) is 0 Å². The fraction of sp³-hybridized carbons (Fsp3) is 0.429. The first-order valence-corrected chi connectivity index (χ1v) is 6.35. The van der Waals surface area contributed by atoms with Gasteiger partial charge in [0.05, 0.1) is 5.92 Å². The van der Waals surface area contributed by atoms with Crippen molar-refractivity contribution < 1.29 is 19.1 Å². The van der Waals surface area contributed by atoms with Crippen LogP contribution in [0.5, 0.6) is 0 Å². The molecule has 0 bridgehead atoms. The van der Waals surface area contributed by atoms with Gasteiger partial charge in [-0.3, -0.25) is 9.59 Å². The van der Waals surface area contributed by atoms with Gasteiger partial charge < -0.3 is 10.4 Å². The smallest absolute Gasteiger partial charge is 0.306 e. The maximum atomic E-state index is 13.0. The average molecular weight is 265 g/mol. The first-order chi connectivity index (χ1) is 9.06. The molecule has 1 aromatic carbocycles. The molecule has 1 saturated carbocycles. The Morgan fingerprint density at radius 3 is 2.47 bits per heavy atom. The summed E-state index contributed by atoms with van der Waals surface area (Å²) >= 11 is 0. The van der Waals surface area contributed by atoms with E-state index in [2.05, 4.69) is 5.32 Å². The minimum Gasteiger partial charge on any atom is -0.481 e. The van der Waals surface area contributed by atoms with Gasteiger partial charge in [-0.15, -0.1) is 0 Å². The minimum absolute atomic E-state index is 0.0219. The Bertz CT molecular complexity index is 481. The normalized spacial score (nSPS) is 22.8. The predicted octanol–water partition coefficient (Wildman–Crippen LogP) is 2.20. The first-order valence-electron chi connectivity index (χ1n) is 6.35. The number of carbonyl (C=O) groups excluding carboxylic acids is 1. The highest BCUT2D eigenvalue weighted by atomic mass is 19.1. The lowest BCUT2D eigenvalue weighted by molar-refractivity contribution is -0.142. The molecular weight excluding hydrogens is 249 g/mol. The van der Waals surface area contributed by atoms with Crippen LogP contribution in [0.25, 0.3) is 0 Å². The number of halogens is 1. The van der Waals surface area contributed by atoms with Crippen molar-refractivity contribution in [1.82, 2.24) is 5.32 Å². The summed E-state index contributed by atoms with van der Waals surface area (Å²) in [5, 5.41) is 11.7. The van der Waals surface area contributed by atoms with Crippen LogP contribution in [-0.2, 0) is 4.79 Å². The molecule has 1 aromatic rings. The van der Waals surface area contributed by atoms with Gasteiger partial charge in [0.15, 0.2) is 0 Å². The van der Waals surface area contributed by atoms with Crippen molar-refractivity contribution in [1.29, 1.82) is 0 Å². The summed E-state index contributed by atoms with van der Waals surface area (Å²) < 4.78 is 13.0. The van der Waals surface area contributed by atoms with Crippen LogP contribution in [0.15, 0.2) is 24.3 Å². The van der Waals surface area contributed by atoms with Crippen LogP contribution in [0, 0.1) is 11.7 Å². The van der Waals surface area contributed by atoms with E-state index in [1.54, 1.807) is 6.07 Å². The van der Waals surface area contributed by atoms with Crippen molar-refractivity contribution in [2.24, 2.45) is 5.92 Å². The zero-order valence-corrected chi connectivity index (χ0v) is 10.4. The number of hydrogen-bond donors (Lipinski definition) is 2. The molecule has 0 spiro atoms. The lowest BCUT2D eigenvalue weighted by Crippen LogP contribution is -2.38. The number of nitrogens with one attached hydrogen (secondary N) is 1. The monoisotopic (exact) mass is 265 g/mol. The molecule has 1 aliphatic carbocycles. The van der Waals surface area contributed by atoms with Crippen LogP contribution in [0.3, 0.4) is 0 Å². The molecule has 102 valence electrons. The van der Waals surface area contributed by atoms with Gasteiger partial charge in [-0.1, -0.05) is 6.07 Å². The SMILES string of the molecule is O=C(NC1CCC(C(=O)O)CC1)c1cccc(F)c1. The van der Waals surface area contributed by atoms with Crippen molar-refractivity contribution in [2.45, 2.75) is 31.7 Å². The van der Waals surface area contributed by atoms with E-state index in [4.69, 9.17) is 5.11 Å². The summed E-state index contributed by atoms with van der Waals surface area (Å²) in [6, 6.07) is 5.51.